The van der Waals surface area contributed by atoms with Crippen LogP contribution in [0.2, 0.25) is 10.0 Å². The Morgan fingerprint density at radius 1 is 1.00 bits per heavy atom. The summed E-state index contributed by atoms with van der Waals surface area (Å²) in [5.41, 5.74) is 1.32. The van der Waals surface area contributed by atoms with Crippen LogP contribution in [-0.4, -0.2) is 30.9 Å². The molecule has 3 aromatic carbocycles. The molecule has 37 heavy (non-hydrogen) atoms. The number of nitrogens with one attached hydrogen (secondary N) is 1. The lowest BCUT2D eigenvalue weighted by Gasteiger charge is -2.26. The van der Waals surface area contributed by atoms with Crippen LogP contribution in [0.3, 0.4) is 0 Å². The Morgan fingerprint density at radius 2 is 1.62 bits per heavy atom. The van der Waals surface area contributed by atoms with Gasteiger partial charge in [0, 0.05) is 4.47 Å². The number of halogens is 3. The van der Waals surface area contributed by atoms with Crippen molar-refractivity contribution in [2.75, 3.05) is 12.0 Å². The second-order valence-electron chi connectivity index (χ2n) is 7.73. The highest BCUT2D eigenvalue weighted by atomic mass is 79.9. The highest BCUT2D eigenvalue weighted by Crippen LogP contribution is 2.36. The van der Waals surface area contributed by atoms with E-state index in [9.17, 15) is 19.2 Å². The quantitative estimate of drug-likeness (QED) is 0.217. The summed E-state index contributed by atoms with van der Waals surface area (Å²) in [6.45, 7) is 0.222. The summed E-state index contributed by atoms with van der Waals surface area (Å²) < 4.78 is 11.4. The molecule has 0 unspecified atom stereocenters. The molecule has 0 aliphatic carbocycles. The van der Waals surface area contributed by atoms with Gasteiger partial charge in [-0.3, -0.25) is 14.9 Å². The normalized spacial score (nSPS) is 14.5. The van der Waals surface area contributed by atoms with Crippen molar-refractivity contribution in [3.05, 3.63) is 97.4 Å². The maximum absolute atomic E-state index is 13.1. The van der Waals surface area contributed by atoms with Crippen LogP contribution in [0.5, 0.6) is 5.75 Å². The smallest absolute Gasteiger partial charge is 0.337 e. The fraction of sp³-hybridized carbons (Fsp3) is 0.0769. The molecule has 1 heterocycles. The molecule has 4 amide bonds. The molecule has 0 atom stereocenters. The zero-order chi connectivity index (χ0) is 26.7. The molecule has 1 N–H and O–H groups in total. The van der Waals surface area contributed by atoms with Crippen LogP contribution in [0.25, 0.3) is 6.08 Å². The number of amides is 4. The third kappa shape index (κ3) is 5.85. The number of anilines is 1. The van der Waals surface area contributed by atoms with E-state index in [0.29, 0.717) is 5.56 Å². The number of barbiturate groups is 1. The lowest BCUT2D eigenvalue weighted by molar-refractivity contribution is -0.122. The molecule has 4 rings (SSSR count). The van der Waals surface area contributed by atoms with Gasteiger partial charge in [-0.25, -0.2) is 14.5 Å². The van der Waals surface area contributed by atoms with Gasteiger partial charge in [0.2, 0.25) is 0 Å². The van der Waals surface area contributed by atoms with Gasteiger partial charge in [-0.1, -0.05) is 51.3 Å². The Kier molecular flexibility index (Phi) is 7.97. The monoisotopic (exact) mass is 602 g/mol. The minimum Gasteiger partial charge on any atom is -0.486 e. The summed E-state index contributed by atoms with van der Waals surface area (Å²) in [6, 6.07) is 15.2. The molecule has 0 saturated carbocycles. The lowest BCUT2D eigenvalue weighted by Crippen LogP contribution is -2.54. The number of ether oxygens (including phenoxy) is 2. The highest BCUT2D eigenvalue weighted by molar-refractivity contribution is 9.10. The average molecular weight is 604 g/mol. The fourth-order valence-corrected chi connectivity index (χ4v) is 4.34. The fourth-order valence-electron chi connectivity index (χ4n) is 3.46. The first kappa shape index (κ1) is 26.4. The number of carbonyl (C=O) groups excluding carboxylic acids is 4. The van der Waals surface area contributed by atoms with Crippen molar-refractivity contribution in [1.82, 2.24) is 5.32 Å². The van der Waals surface area contributed by atoms with E-state index < -0.39 is 23.8 Å². The minimum atomic E-state index is -0.925. The Hall–Kier alpha value is -3.66. The topological polar surface area (TPSA) is 102 Å². The number of carbonyl (C=O) groups is 4. The van der Waals surface area contributed by atoms with Gasteiger partial charge in [0.05, 0.1) is 28.4 Å². The molecule has 8 nitrogen and oxygen atoms in total. The summed E-state index contributed by atoms with van der Waals surface area (Å²) in [6.07, 6.45) is 1.27. The maximum Gasteiger partial charge on any atom is 0.337 e. The van der Waals surface area contributed by atoms with E-state index in [-0.39, 0.29) is 39.2 Å². The summed E-state index contributed by atoms with van der Waals surface area (Å²) in [5.74, 6) is -2.06. The number of methoxy groups -OCH3 is 1. The number of hydrogen-bond donors (Lipinski definition) is 1. The van der Waals surface area contributed by atoms with Gasteiger partial charge in [-0.05, 0) is 65.7 Å². The Morgan fingerprint density at radius 3 is 2.22 bits per heavy atom. The van der Waals surface area contributed by atoms with Crippen molar-refractivity contribution in [3.8, 4) is 5.75 Å². The number of nitrogens with zero attached hydrogens (tertiary/aromatic N) is 1. The van der Waals surface area contributed by atoms with Crippen molar-refractivity contribution < 1.29 is 28.7 Å². The third-order valence-electron chi connectivity index (χ3n) is 5.28. The van der Waals surface area contributed by atoms with Gasteiger partial charge >= 0.3 is 12.0 Å². The molecule has 0 bridgehead atoms. The number of esters is 1. The molecular weight excluding hydrogens is 587 g/mol. The van der Waals surface area contributed by atoms with Crippen LogP contribution in [-0.2, 0) is 20.9 Å². The van der Waals surface area contributed by atoms with Gasteiger partial charge in [-0.2, -0.15) is 0 Å². The number of benzene rings is 3. The third-order valence-corrected chi connectivity index (χ3v) is 6.37. The lowest BCUT2D eigenvalue weighted by atomic mass is 10.1. The Balaban J connectivity index is 1.58. The summed E-state index contributed by atoms with van der Waals surface area (Å²) in [4.78, 5) is 50.5. The van der Waals surface area contributed by atoms with Crippen molar-refractivity contribution in [1.29, 1.82) is 0 Å². The van der Waals surface area contributed by atoms with E-state index >= 15 is 0 Å². The SMILES string of the molecule is COC(=O)c1ccc(N2C(=O)NC(=O)/C(=C\c3cc(Cl)c(OCc4ccc(Br)cc4)c(Cl)c3)C2=O)cc1. The first-order valence-corrected chi connectivity index (χ1v) is 12.2. The molecule has 188 valence electrons. The second kappa shape index (κ2) is 11.2. The van der Waals surface area contributed by atoms with Crippen LogP contribution in [0, 0.1) is 0 Å². The average Bonchev–Trinajstić information content (AvgIpc) is 2.87. The zero-order valence-electron chi connectivity index (χ0n) is 19.1. The zero-order valence-corrected chi connectivity index (χ0v) is 22.2. The molecule has 0 aromatic heterocycles. The highest BCUT2D eigenvalue weighted by Gasteiger charge is 2.37. The Bertz CT molecular complexity index is 1420. The molecule has 3 aromatic rings. The van der Waals surface area contributed by atoms with Crippen LogP contribution in [0.15, 0.2) is 70.7 Å². The molecular formula is C26H17BrCl2N2O6. The summed E-state index contributed by atoms with van der Waals surface area (Å²) in [7, 11) is 1.24. The van der Waals surface area contributed by atoms with Gasteiger partial charge < -0.3 is 9.47 Å². The Labute approximate surface area is 229 Å². The summed E-state index contributed by atoms with van der Waals surface area (Å²) in [5, 5.41) is 2.48. The van der Waals surface area contributed by atoms with E-state index in [4.69, 9.17) is 27.9 Å². The van der Waals surface area contributed by atoms with E-state index in [1.165, 1.54) is 49.6 Å². The number of urea groups is 1. The van der Waals surface area contributed by atoms with Crippen LogP contribution in [0.4, 0.5) is 10.5 Å². The van der Waals surface area contributed by atoms with Crippen LogP contribution < -0.4 is 15.0 Å². The molecule has 0 radical (unpaired) electrons. The maximum atomic E-state index is 13.1. The van der Waals surface area contributed by atoms with Crippen molar-refractivity contribution in [2.24, 2.45) is 0 Å². The number of hydrogen-bond acceptors (Lipinski definition) is 6. The first-order chi connectivity index (χ1) is 17.7. The summed E-state index contributed by atoms with van der Waals surface area (Å²) >= 11 is 16.1. The van der Waals surface area contributed by atoms with Gasteiger partial charge in [0.1, 0.15) is 12.2 Å². The standard InChI is InChI=1S/C26H17BrCl2N2O6/c1-36-25(34)16-4-8-18(9-5-16)31-24(33)19(23(32)30-26(31)35)10-15-11-20(28)22(21(29)12-15)37-13-14-2-6-17(27)7-3-14/h2-12H,13H2,1H3,(H,30,32,35)/b19-10+. The minimum absolute atomic E-state index is 0.154. The molecule has 11 heteroatoms. The van der Waals surface area contributed by atoms with E-state index in [1.54, 1.807) is 0 Å². The van der Waals surface area contributed by atoms with Gasteiger partial charge in [0.15, 0.2) is 5.75 Å². The van der Waals surface area contributed by atoms with Crippen molar-refractivity contribution >= 4 is 74.7 Å². The molecule has 1 aliphatic heterocycles. The van der Waals surface area contributed by atoms with E-state index in [0.717, 1.165) is 14.9 Å². The molecule has 1 saturated heterocycles. The second-order valence-corrected chi connectivity index (χ2v) is 9.46. The molecule has 1 fully saturated rings. The molecule has 0 spiro atoms. The van der Waals surface area contributed by atoms with E-state index in [1.807, 2.05) is 24.3 Å². The van der Waals surface area contributed by atoms with Crippen molar-refractivity contribution in [3.63, 3.8) is 0 Å². The molecule has 1 aliphatic rings. The largest absolute Gasteiger partial charge is 0.486 e. The van der Waals surface area contributed by atoms with Gasteiger partial charge in [0.25, 0.3) is 11.8 Å². The van der Waals surface area contributed by atoms with Crippen LogP contribution >= 0.6 is 39.1 Å². The first-order valence-electron chi connectivity index (χ1n) is 10.6. The predicted octanol–water partition coefficient (Wildman–Crippen LogP) is 5.79. The van der Waals surface area contributed by atoms with Crippen molar-refractivity contribution in [2.45, 2.75) is 6.61 Å². The predicted molar refractivity (Wildman–Crippen MR) is 142 cm³/mol. The number of imide groups is 2. The van der Waals surface area contributed by atoms with Gasteiger partial charge in [-0.15, -0.1) is 0 Å². The van der Waals surface area contributed by atoms with Crippen LogP contribution in [0.1, 0.15) is 21.5 Å². The number of rotatable bonds is 6. The van der Waals surface area contributed by atoms with E-state index in [2.05, 4.69) is 26.0 Å².